The molecule has 2 amide bonds. The molecule has 0 aromatic heterocycles. The third-order valence-corrected chi connectivity index (χ3v) is 6.80. The van der Waals surface area contributed by atoms with Crippen LogP contribution >= 0.6 is 0 Å². The van der Waals surface area contributed by atoms with Gasteiger partial charge < -0.3 is 20.5 Å². The number of carbonyl (C=O) groups is 3. The molecule has 0 fully saturated rings. The molecule has 0 radical (unpaired) electrons. The van der Waals surface area contributed by atoms with Gasteiger partial charge in [-0.1, -0.05) is 68.8 Å². The molecule has 188 valence electrons. The van der Waals surface area contributed by atoms with Gasteiger partial charge in [-0.2, -0.15) is 0 Å². The topological polar surface area (TPSA) is 105 Å². The Labute approximate surface area is 207 Å². The molecule has 2 atom stereocenters. The number of aliphatic carboxylic acids is 1. The van der Waals surface area contributed by atoms with Gasteiger partial charge in [-0.25, -0.2) is 4.79 Å². The quantitative estimate of drug-likeness (QED) is 0.370. The van der Waals surface area contributed by atoms with E-state index >= 15 is 0 Å². The van der Waals surface area contributed by atoms with Crippen LogP contribution in [0.25, 0.3) is 11.1 Å². The van der Waals surface area contributed by atoms with Gasteiger partial charge in [0.25, 0.3) is 0 Å². The SMILES string of the molecule is CCC(CCNC(=O)OCC1c2ccccc2-c2ccccc21)CCC(=O)NC(CC)CC(=O)O. The van der Waals surface area contributed by atoms with E-state index in [1.807, 2.05) is 31.2 Å². The second kappa shape index (κ2) is 12.9. The number of fused-ring (bicyclic) bond motifs is 3. The smallest absolute Gasteiger partial charge is 0.407 e. The lowest BCUT2D eigenvalue weighted by Gasteiger charge is -2.18. The molecular formula is C28H36N2O5. The number of amides is 2. The van der Waals surface area contributed by atoms with Gasteiger partial charge in [0.15, 0.2) is 0 Å². The van der Waals surface area contributed by atoms with Crippen LogP contribution in [0.4, 0.5) is 4.79 Å². The highest BCUT2D eigenvalue weighted by Crippen LogP contribution is 2.44. The molecule has 0 aliphatic heterocycles. The summed E-state index contributed by atoms with van der Waals surface area (Å²) in [6.07, 6.45) is 2.77. The lowest BCUT2D eigenvalue weighted by molar-refractivity contribution is -0.137. The summed E-state index contributed by atoms with van der Waals surface area (Å²) in [5, 5.41) is 14.6. The minimum absolute atomic E-state index is 0.0307. The van der Waals surface area contributed by atoms with Gasteiger partial charge in [0.05, 0.1) is 6.42 Å². The first-order valence-electron chi connectivity index (χ1n) is 12.5. The van der Waals surface area contributed by atoms with E-state index in [4.69, 9.17) is 9.84 Å². The lowest BCUT2D eigenvalue weighted by atomic mass is 9.96. The standard InChI is InChI=1S/C28H36N2O5/c1-3-19(13-14-26(31)30-20(4-2)17-27(32)33)15-16-29-28(34)35-18-25-23-11-7-5-9-21(23)22-10-6-8-12-24(22)25/h5-12,19-20,25H,3-4,13-18H2,1-2H3,(H,29,34)(H,30,31)(H,32,33). The predicted octanol–water partition coefficient (Wildman–Crippen LogP) is 5.09. The van der Waals surface area contributed by atoms with Crippen molar-refractivity contribution in [1.82, 2.24) is 10.6 Å². The maximum absolute atomic E-state index is 12.4. The van der Waals surface area contributed by atoms with Gasteiger partial charge in [-0.05, 0) is 47.4 Å². The summed E-state index contributed by atoms with van der Waals surface area (Å²) >= 11 is 0. The Bertz CT molecular complexity index is 976. The largest absolute Gasteiger partial charge is 0.481 e. The summed E-state index contributed by atoms with van der Waals surface area (Å²) in [6, 6.07) is 16.1. The average Bonchev–Trinajstić information content (AvgIpc) is 3.17. The molecule has 1 aliphatic rings. The molecule has 2 aromatic carbocycles. The number of nitrogens with one attached hydrogen (secondary N) is 2. The van der Waals surface area contributed by atoms with Crippen LogP contribution in [-0.4, -0.2) is 42.3 Å². The van der Waals surface area contributed by atoms with Crippen LogP contribution in [0.2, 0.25) is 0 Å². The predicted molar refractivity (Wildman–Crippen MR) is 135 cm³/mol. The molecule has 3 rings (SSSR count). The van der Waals surface area contributed by atoms with Gasteiger partial charge in [0, 0.05) is 24.9 Å². The van der Waals surface area contributed by atoms with E-state index < -0.39 is 12.1 Å². The van der Waals surface area contributed by atoms with E-state index in [9.17, 15) is 14.4 Å². The molecule has 0 saturated carbocycles. The second-order valence-corrected chi connectivity index (χ2v) is 9.12. The van der Waals surface area contributed by atoms with Crippen LogP contribution in [0.5, 0.6) is 0 Å². The van der Waals surface area contributed by atoms with Crippen molar-refractivity contribution in [1.29, 1.82) is 0 Å². The fourth-order valence-electron chi connectivity index (χ4n) is 4.72. The highest BCUT2D eigenvalue weighted by Gasteiger charge is 2.29. The molecule has 2 unspecified atom stereocenters. The van der Waals surface area contributed by atoms with Crippen molar-refractivity contribution < 1.29 is 24.2 Å². The van der Waals surface area contributed by atoms with E-state index in [2.05, 4.69) is 41.8 Å². The zero-order chi connectivity index (χ0) is 25.2. The van der Waals surface area contributed by atoms with E-state index in [1.165, 1.54) is 22.3 Å². The first-order chi connectivity index (χ1) is 16.9. The number of carboxylic acid groups (broad SMARTS) is 1. The molecule has 0 saturated heterocycles. The van der Waals surface area contributed by atoms with Crippen LogP contribution in [0.1, 0.15) is 69.4 Å². The molecule has 0 spiro atoms. The molecule has 7 heteroatoms. The molecule has 3 N–H and O–H groups in total. The number of carboxylic acids is 1. The normalized spacial score (nSPS) is 13.9. The van der Waals surface area contributed by atoms with Crippen molar-refractivity contribution in [3.05, 3.63) is 59.7 Å². The second-order valence-electron chi connectivity index (χ2n) is 9.12. The number of ether oxygens (including phenoxy) is 1. The van der Waals surface area contributed by atoms with Gasteiger partial charge in [-0.15, -0.1) is 0 Å². The summed E-state index contributed by atoms with van der Waals surface area (Å²) in [5.74, 6) is -0.721. The summed E-state index contributed by atoms with van der Waals surface area (Å²) in [5.41, 5.74) is 4.75. The summed E-state index contributed by atoms with van der Waals surface area (Å²) < 4.78 is 5.58. The fraction of sp³-hybridized carbons (Fsp3) is 0.464. The van der Waals surface area contributed by atoms with Crippen LogP contribution in [0.3, 0.4) is 0 Å². The molecule has 35 heavy (non-hydrogen) atoms. The van der Waals surface area contributed by atoms with E-state index in [0.29, 0.717) is 25.8 Å². The number of rotatable bonds is 13. The number of hydrogen-bond donors (Lipinski definition) is 3. The molecule has 1 aliphatic carbocycles. The minimum atomic E-state index is -0.914. The maximum Gasteiger partial charge on any atom is 0.407 e. The van der Waals surface area contributed by atoms with Crippen molar-refractivity contribution in [2.24, 2.45) is 5.92 Å². The first-order valence-corrected chi connectivity index (χ1v) is 12.5. The Morgan fingerprint density at radius 2 is 1.57 bits per heavy atom. The highest BCUT2D eigenvalue weighted by atomic mass is 16.5. The average molecular weight is 481 g/mol. The number of hydrogen-bond acceptors (Lipinski definition) is 4. The van der Waals surface area contributed by atoms with Crippen LogP contribution in [0.15, 0.2) is 48.5 Å². The Morgan fingerprint density at radius 3 is 2.14 bits per heavy atom. The van der Waals surface area contributed by atoms with Crippen molar-refractivity contribution in [2.45, 2.75) is 64.3 Å². The zero-order valence-electron chi connectivity index (χ0n) is 20.6. The van der Waals surface area contributed by atoms with Gasteiger partial charge in [-0.3, -0.25) is 9.59 Å². The summed E-state index contributed by atoms with van der Waals surface area (Å²) in [7, 11) is 0. The fourth-order valence-corrected chi connectivity index (χ4v) is 4.72. The molecule has 0 heterocycles. The first kappa shape index (κ1) is 26.3. The van der Waals surface area contributed by atoms with E-state index in [1.54, 1.807) is 0 Å². The monoisotopic (exact) mass is 480 g/mol. The number of benzene rings is 2. The van der Waals surface area contributed by atoms with Gasteiger partial charge in [0.1, 0.15) is 6.61 Å². The van der Waals surface area contributed by atoms with Crippen molar-refractivity contribution >= 4 is 18.0 Å². The third kappa shape index (κ3) is 7.31. The van der Waals surface area contributed by atoms with E-state index in [-0.39, 0.29) is 36.8 Å². The van der Waals surface area contributed by atoms with E-state index in [0.717, 1.165) is 12.8 Å². The Kier molecular flexibility index (Phi) is 9.70. The Hall–Kier alpha value is -3.35. The Balaban J connectivity index is 1.40. The third-order valence-electron chi connectivity index (χ3n) is 6.80. The summed E-state index contributed by atoms with van der Waals surface area (Å²) in [4.78, 5) is 35.4. The van der Waals surface area contributed by atoms with Crippen molar-refractivity contribution in [3.63, 3.8) is 0 Å². The minimum Gasteiger partial charge on any atom is -0.481 e. The van der Waals surface area contributed by atoms with Gasteiger partial charge >= 0.3 is 12.1 Å². The van der Waals surface area contributed by atoms with Gasteiger partial charge in [0.2, 0.25) is 5.91 Å². The van der Waals surface area contributed by atoms with Crippen LogP contribution < -0.4 is 10.6 Å². The maximum atomic E-state index is 12.4. The van der Waals surface area contributed by atoms with Crippen LogP contribution in [-0.2, 0) is 14.3 Å². The molecule has 0 bridgehead atoms. The number of carbonyl (C=O) groups excluding carboxylic acids is 2. The molecule has 2 aromatic rings. The molecular weight excluding hydrogens is 444 g/mol. The van der Waals surface area contributed by atoms with Crippen LogP contribution in [0, 0.1) is 5.92 Å². The Morgan fingerprint density at radius 1 is 0.943 bits per heavy atom. The zero-order valence-corrected chi connectivity index (χ0v) is 20.6. The molecule has 7 nitrogen and oxygen atoms in total. The summed E-state index contributed by atoms with van der Waals surface area (Å²) in [6.45, 7) is 4.69. The lowest BCUT2D eigenvalue weighted by Crippen LogP contribution is -2.36. The van der Waals surface area contributed by atoms with Crippen molar-refractivity contribution in [2.75, 3.05) is 13.2 Å². The van der Waals surface area contributed by atoms with Crippen molar-refractivity contribution in [3.8, 4) is 11.1 Å². The number of alkyl carbamates (subject to hydrolysis) is 1. The highest BCUT2D eigenvalue weighted by molar-refractivity contribution is 5.79.